The van der Waals surface area contributed by atoms with Gasteiger partial charge in [0.2, 0.25) is 0 Å². The average Bonchev–Trinajstić information content (AvgIpc) is 3.51. The van der Waals surface area contributed by atoms with E-state index in [1.54, 1.807) is 18.2 Å². The third kappa shape index (κ3) is 6.00. The molecule has 3 heterocycles. The number of carbonyl (C=O) groups excluding carboxylic acids is 1. The Kier molecular flexibility index (Phi) is 8.14. The maximum atomic E-state index is 13.7. The number of nitrogens with one attached hydrogen (secondary N) is 2. The number of anilines is 2. The number of nitrogens with two attached hydrogens (primary N) is 1. The fourth-order valence-corrected chi connectivity index (χ4v) is 4.17. The first kappa shape index (κ1) is 28.0. The van der Waals surface area contributed by atoms with Crippen molar-refractivity contribution in [1.82, 2.24) is 29.5 Å². The maximum absolute atomic E-state index is 13.7. The Morgan fingerprint density at radius 3 is 2.59 bits per heavy atom. The van der Waals surface area contributed by atoms with Gasteiger partial charge in [0, 0.05) is 42.4 Å². The van der Waals surface area contributed by atoms with Crippen molar-refractivity contribution in [3.63, 3.8) is 0 Å². The molecule has 9 nitrogen and oxygen atoms in total. The summed E-state index contributed by atoms with van der Waals surface area (Å²) in [7, 11) is 0. The lowest BCUT2D eigenvalue weighted by Gasteiger charge is -2.17. The lowest BCUT2D eigenvalue weighted by atomic mass is 10.0. The molecular formula is C25H27F5N8O. The second-order valence-corrected chi connectivity index (χ2v) is 8.78. The number of imidazole rings is 1. The maximum Gasteiger partial charge on any atom is 0.435 e. The molecule has 14 heteroatoms. The summed E-state index contributed by atoms with van der Waals surface area (Å²) in [6.07, 6.45) is -1.57. The summed E-state index contributed by atoms with van der Waals surface area (Å²) in [6.45, 7) is 3.18. The van der Waals surface area contributed by atoms with Gasteiger partial charge in [-0.15, -0.1) is 0 Å². The van der Waals surface area contributed by atoms with Gasteiger partial charge >= 0.3 is 6.18 Å². The Bertz CT molecular complexity index is 1460. The van der Waals surface area contributed by atoms with Crippen LogP contribution in [0.4, 0.5) is 33.5 Å². The predicted molar refractivity (Wildman–Crippen MR) is 135 cm³/mol. The fraction of sp³-hybridized carbons (Fsp3) is 0.360. The second kappa shape index (κ2) is 11.4. The SMILES string of the molecule is CCc1cc(Nc2nccn3c(-c4cn(CC(F)F)nc4C(F)(F)F)cnc23)ccc1C(=O)NC(CC)CN. The molecule has 0 aliphatic carbocycles. The Morgan fingerprint density at radius 1 is 1.18 bits per heavy atom. The Balaban J connectivity index is 1.68. The van der Waals surface area contributed by atoms with Crippen LogP contribution in [0.5, 0.6) is 0 Å². The number of carbonyl (C=O) groups is 1. The molecule has 0 bridgehead atoms. The van der Waals surface area contributed by atoms with Crippen LogP contribution in [0, 0.1) is 0 Å². The number of alkyl halides is 5. The van der Waals surface area contributed by atoms with Crippen molar-refractivity contribution in [3.05, 3.63) is 59.8 Å². The van der Waals surface area contributed by atoms with Gasteiger partial charge in [0.1, 0.15) is 6.54 Å². The molecule has 0 aliphatic heterocycles. The van der Waals surface area contributed by atoms with Gasteiger partial charge < -0.3 is 16.4 Å². The van der Waals surface area contributed by atoms with E-state index in [2.05, 4.69) is 25.7 Å². The molecule has 39 heavy (non-hydrogen) atoms. The predicted octanol–water partition coefficient (Wildman–Crippen LogP) is 4.65. The van der Waals surface area contributed by atoms with Gasteiger partial charge in [0.05, 0.1) is 17.5 Å². The minimum Gasteiger partial charge on any atom is -0.348 e. The van der Waals surface area contributed by atoms with E-state index in [0.29, 0.717) is 35.3 Å². The van der Waals surface area contributed by atoms with Gasteiger partial charge in [-0.2, -0.15) is 18.3 Å². The Labute approximate surface area is 220 Å². The van der Waals surface area contributed by atoms with Crippen LogP contribution < -0.4 is 16.4 Å². The van der Waals surface area contributed by atoms with E-state index < -0.39 is 24.8 Å². The highest BCUT2D eigenvalue weighted by molar-refractivity contribution is 5.96. The standard InChI is InChI=1S/C25H27F5N8O/c1-3-14-9-16(5-6-17(14)24(39)35-15(4-2)10-31)34-22-23-33-11-19(38(23)8-7-32-22)18-12-37(13-20(26)27)36-21(18)25(28,29)30/h5-9,11-12,15,20H,3-4,10,13,31H2,1-2H3,(H,32,34)(H,35,39). The normalized spacial score (nSPS) is 12.7. The number of aryl methyl sites for hydroxylation is 1. The van der Waals surface area contributed by atoms with Crippen LogP contribution in [-0.4, -0.2) is 49.1 Å². The Morgan fingerprint density at radius 2 is 1.95 bits per heavy atom. The van der Waals surface area contributed by atoms with Crippen LogP contribution in [0.1, 0.15) is 41.9 Å². The molecule has 1 unspecified atom stereocenters. The lowest BCUT2D eigenvalue weighted by molar-refractivity contribution is -0.141. The van der Waals surface area contributed by atoms with Crippen LogP contribution in [-0.2, 0) is 19.1 Å². The van der Waals surface area contributed by atoms with Crippen molar-refractivity contribution in [2.75, 3.05) is 11.9 Å². The molecule has 1 aromatic carbocycles. The van der Waals surface area contributed by atoms with Crippen LogP contribution >= 0.6 is 0 Å². The molecule has 0 saturated carbocycles. The third-order valence-electron chi connectivity index (χ3n) is 6.17. The first-order valence-corrected chi connectivity index (χ1v) is 12.2. The molecule has 0 radical (unpaired) electrons. The first-order valence-electron chi connectivity index (χ1n) is 12.2. The summed E-state index contributed by atoms with van der Waals surface area (Å²) in [5.74, 6) is 0.00685. The molecule has 4 N–H and O–H groups in total. The van der Waals surface area contributed by atoms with Gasteiger partial charge in [0.25, 0.3) is 12.3 Å². The van der Waals surface area contributed by atoms with Gasteiger partial charge in [-0.1, -0.05) is 13.8 Å². The van der Waals surface area contributed by atoms with E-state index in [-0.39, 0.29) is 34.7 Å². The molecule has 0 saturated heterocycles. The number of halogens is 5. The van der Waals surface area contributed by atoms with Crippen molar-refractivity contribution in [1.29, 1.82) is 0 Å². The fourth-order valence-electron chi connectivity index (χ4n) is 4.17. The van der Waals surface area contributed by atoms with E-state index in [1.807, 2.05) is 13.8 Å². The van der Waals surface area contributed by atoms with E-state index in [9.17, 15) is 26.7 Å². The molecule has 0 aliphatic rings. The largest absolute Gasteiger partial charge is 0.435 e. The van der Waals surface area contributed by atoms with Gasteiger partial charge in [-0.25, -0.2) is 18.7 Å². The molecule has 0 fully saturated rings. The van der Waals surface area contributed by atoms with E-state index >= 15 is 0 Å². The molecule has 4 rings (SSSR count). The Hall–Kier alpha value is -4.07. The molecule has 3 aromatic heterocycles. The zero-order chi connectivity index (χ0) is 28.3. The highest BCUT2D eigenvalue weighted by Gasteiger charge is 2.38. The number of amides is 1. The van der Waals surface area contributed by atoms with Crippen molar-refractivity contribution in [2.45, 2.75) is 51.9 Å². The smallest absolute Gasteiger partial charge is 0.348 e. The number of nitrogens with zero attached hydrogens (tertiary/aromatic N) is 5. The zero-order valence-electron chi connectivity index (χ0n) is 21.1. The first-order chi connectivity index (χ1) is 18.5. The van der Waals surface area contributed by atoms with Crippen LogP contribution in [0.25, 0.3) is 16.9 Å². The number of hydrogen-bond acceptors (Lipinski definition) is 6. The van der Waals surface area contributed by atoms with Crippen LogP contribution in [0.2, 0.25) is 0 Å². The quantitative estimate of drug-likeness (QED) is 0.248. The third-order valence-corrected chi connectivity index (χ3v) is 6.17. The number of hydrogen-bond donors (Lipinski definition) is 3. The molecule has 208 valence electrons. The summed E-state index contributed by atoms with van der Waals surface area (Å²) in [6, 6.07) is 4.99. The molecule has 1 atom stereocenters. The highest BCUT2D eigenvalue weighted by atomic mass is 19.4. The van der Waals surface area contributed by atoms with Crippen molar-refractivity contribution < 1.29 is 26.7 Å². The van der Waals surface area contributed by atoms with E-state index in [1.165, 1.54) is 23.0 Å². The van der Waals surface area contributed by atoms with E-state index in [0.717, 1.165) is 11.8 Å². The minimum absolute atomic E-state index is 0.00920. The van der Waals surface area contributed by atoms with Crippen molar-refractivity contribution >= 4 is 23.1 Å². The van der Waals surface area contributed by atoms with E-state index in [4.69, 9.17) is 5.73 Å². The molecule has 0 spiro atoms. The summed E-state index contributed by atoms with van der Waals surface area (Å²) < 4.78 is 68.6. The topological polar surface area (TPSA) is 115 Å². The molecule has 4 aromatic rings. The van der Waals surface area contributed by atoms with Crippen LogP contribution in [0.15, 0.2) is 43.0 Å². The number of fused-ring (bicyclic) bond motifs is 1. The molecule has 1 amide bonds. The summed E-state index contributed by atoms with van der Waals surface area (Å²) in [5.41, 5.74) is 6.08. The monoisotopic (exact) mass is 550 g/mol. The number of benzene rings is 1. The summed E-state index contributed by atoms with van der Waals surface area (Å²) in [4.78, 5) is 21.3. The summed E-state index contributed by atoms with van der Waals surface area (Å²) in [5, 5.41) is 9.36. The lowest BCUT2D eigenvalue weighted by Crippen LogP contribution is -2.40. The van der Waals surface area contributed by atoms with Crippen molar-refractivity contribution in [2.24, 2.45) is 5.73 Å². The van der Waals surface area contributed by atoms with Gasteiger partial charge in [-0.05, 0) is 36.6 Å². The molecular weight excluding hydrogens is 523 g/mol. The van der Waals surface area contributed by atoms with Gasteiger partial charge in [0.15, 0.2) is 17.2 Å². The highest BCUT2D eigenvalue weighted by Crippen LogP contribution is 2.37. The minimum atomic E-state index is -4.87. The van der Waals surface area contributed by atoms with Gasteiger partial charge in [-0.3, -0.25) is 13.9 Å². The average molecular weight is 551 g/mol. The van der Waals surface area contributed by atoms with Crippen molar-refractivity contribution in [3.8, 4) is 11.3 Å². The van der Waals surface area contributed by atoms with Crippen LogP contribution in [0.3, 0.4) is 0 Å². The number of aromatic nitrogens is 5. The number of rotatable bonds is 10. The second-order valence-electron chi connectivity index (χ2n) is 8.78. The zero-order valence-corrected chi connectivity index (χ0v) is 21.1. The summed E-state index contributed by atoms with van der Waals surface area (Å²) >= 11 is 0.